The van der Waals surface area contributed by atoms with Crippen molar-refractivity contribution in [2.45, 2.75) is 21.5 Å². The molecule has 0 saturated heterocycles. The van der Waals surface area contributed by atoms with E-state index in [0.717, 1.165) is 5.56 Å². The van der Waals surface area contributed by atoms with Gasteiger partial charge in [0.2, 0.25) is 0 Å². The molecule has 0 amide bonds. The number of aromatic hydroxyl groups is 1. The second kappa shape index (κ2) is 13.8. The van der Waals surface area contributed by atoms with Gasteiger partial charge in [-0.3, -0.25) is 0 Å². The van der Waals surface area contributed by atoms with Gasteiger partial charge in [0, 0.05) is 0 Å². The topological polar surface area (TPSA) is 136 Å². The van der Waals surface area contributed by atoms with Crippen LogP contribution in [-0.2, 0) is 38.7 Å². The van der Waals surface area contributed by atoms with Crippen LogP contribution in [0.3, 0.4) is 0 Å². The van der Waals surface area contributed by atoms with Crippen LogP contribution in [0.25, 0.3) is 11.1 Å². The van der Waals surface area contributed by atoms with Crippen LogP contribution in [0.2, 0.25) is 0 Å². The van der Waals surface area contributed by atoms with E-state index in [9.17, 15) is 37.0 Å². The molecule has 1 atom stereocenters. The maximum absolute atomic E-state index is 14.0. The van der Waals surface area contributed by atoms with Crippen LogP contribution in [0.15, 0.2) is 95.9 Å². The van der Waals surface area contributed by atoms with E-state index >= 15 is 0 Å². The predicted molar refractivity (Wildman–Crippen MR) is 156 cm³/mol. The monoisotopic (exact) mass is 694 g/mol. The molecule has 14 heteroatoms. The predicted octanol–water partition coefficient (Wildman–Crippen LogP) is 6.59. The Morgan fingerprint density at radius 3 is 1.93 bits per heavy atom. The number of carboxylic acids is 1. The second-order valence-corrected chi connectivity index (χ2v) is 21.6. The van der Waals surface area contributed by atoms with Gasteiger partial charge in [-0.1, -0.05) is 0 Å². The average molecular weight is 694 g/mol. The third kappa shape index (κ3) is 7.71. The standard InChI is InChI=1S/C29H26AsF2O9PS/c1-39-27-4-2-3-5-28(27)43(37,38)30(17-20-6-8-22(9-7-20)19-42(36,40-31)41-32)18-21-10-12-23(13-11-21)24-14-15-26(33)25(16-24)29(34)35/h2-16,33H,17-19H2,1H3,(H,34,35). The van der Waals surface area contributed by atoms with Gasteiger partial charge in [0.25, 0.3) is 0 Å². The molecule has 226 valence electrons. The van der Waals surface area contributed by atoms with Crippen molar-refractivity contribution in [1.29, 1.82) is 0 Å². The number of methoxy groups -OCH3 is 1. The zero-order valence-corrected chi connectivity index (χ0v) is 26.2. The molecule has 4 rings (SSSR count). The van der Waals surface area contributed by atoms with Gasteiger partial charge < -0.3 is 0 Å². The second-order valence-electron chi connectivity index (χ2n) is 9.38. The van der Waals surface area contributed by atoms with Gasteiger partial charge in [-0.15, -0.1) is 0 Å². The van der Waals surface area contributed by atoms with E-state index in [1.807, 2.05) is 0 Å². The van der Waals surface area contributed by atoms with Crippen molar-refractivity contribution in [2.75, 3.05) is 7.11 Å². The average Bonchev–Trinajstić information content (AvgIpc) is 3.02. The van der Waals surface area contributed by atoms with Crippen molar-refractivity contribution >= 4 is 35.2 Å². The first-order valence-electron chi connectivity index (χ1n) is 12.6. The Morgan fingerprint density at radius 1 is 0.837 bits per heavy atom. The third-order valence-electron chi connectivity index (χ3n) is 6.53. The Bertz CT molecular complexity index is 1740. The summed E-state index contributed by atoms with van der Waals surface area (Å²) in [4.78, 5) is 11.5. The van der Waals surface area contributed by atoms with Gasteiger partial charge in [-0.25, -0.2) is 0 Å². The first kappa shape index (κ1) is 32.4. The van der Waals surface area contributed by atoms with Gasteiger partial charge in [0.1, 0.15) is 0 Å². The number of halogens is 2. The van der Waals surface area contributed by atoms with Gasteiger partial charge in [-0.05, 0) is 0 Å². The number of hydrogen-bond acceptors (Lipinski definition) is 8. The number of aromatic carboxylic acids is 1. The zero-order valence-electron chi connectivity index (χ0n) is 22.6. The number of rotatable bonds is 13. The molecule has 0 bridgehead atoms. The summed E-state index contributed by atoms with van der Waals surface area (Å²) >= 11 is -2.89. The molecule has 0 aliphatic heterocycles. The summed E-state index contributed by atoms with van der Waals surface area (Å²) in [7, 11) is -7.01. The summed E-state index contributed by atoms with van der Waals surface area (Å²) in [6.07, 6.45) is -0.650. The molecule has 2 N–H and O–H groups in total. The van der Waals surface area contributed by atoms with Crippen molar-refractivity contribution in [3.63, 3.8) is 0 Å². The van der Waals surface area contributed by atoms with Gasteiger partial charge in [-0.2, -0.15) is 0 Å². The molecule has 0 radical (unpaired) electrons. The normalized spacial score (nSPS) is 12.5. The van der Waals surface area contributed by atoms with E-state index in [0.29, 0.717) is 16.7 Å². The molecule has 9 nitrogen and oxygen atoms in total. The summed E-state index contributed by atoms with van der Waals surface area (Å²) in [5, 5.41) is 19.6. The Hall–Kier alpha value is -3.53. The van der Waals surface area contributed by atoms with E-state index in [1.165, 1.54) is 37.4 Å². The molecular weight excluding hydrogens is 668 g/mol. The fraction of sp³-hybridized carbons (Fsp3) is 0.138. The third-order valence-corrected chi connectivity index (χ3v) is 19.1. The van der Waals surface area contributed by atoms with Crippen molar-refractivity contribution in [1.82, 2.24) is 0 Å². The summed E-state index contributed by atoms with van der Waals surface area (Å²) in [6, 6.07) is 23.8. The molecule has 0 aliphatic carbocycles. The van der Waals surface area contributed by atoms with Crippen LogP contribution < -0.4 is 4.74 Å². The molecule has 4 aromatic rings. The van der Waals surface area contributed by atoms with Crippen LogP contribution in [0.4, 0.5) is 9.05 Å². The number of carbonyl (C=O) groups is 1. The fourth-order valence-corrected chi connectivity index (χ4v) is 15.6. The Kier molecular flexibility index (Phi) is 10.4. The van der Waals surface area contributed by atoms with Crippen LogP contribution >= 0.6 is 7.60 Å². The molecule has 1 unspecified atom stereocenters. The summed E-state index contributed by atoms with van der Waals surface area (Å²) in [5.41, 5.74) is 2.68. The van der Waals surface area contributed by atoms with Crippen LogP contribution in [0, 0.1) is 0 Å². The first-order valence-corrected chi connectivity index (χ1v) is 20.7. The van der Waals surface area contributed by atoms with E-state index in [1.54, 1.807) is 60.7 Å². The molecule has 4 aromatic carbocycles. The summed E-state index contributed by atoms with van der Waals surface area (Å²) in [6.45, 7) is 0. The zero-order chi connectivity index (χ0) is 31.2. The van der Waals surface area contributed by atoms with E-state index in [2.05, 4.69) is 9.46 Å². The molecule has 0 aliphatic rings. The van der Waals surface area contributed by atoms with Crippen LogP contribution in [-0.4, -0.2) is 45.2 Å². The quantitative estimate of drug-likeness (QED) is 0.117. The van der Waals surface area contributed by atoms with Crippen molar-refractivity contribution in [3.8, 4) is 22.6 Å². The molecule has 0 fully saturated rings. The summed E-state index contributed by atoms with van der Waals surface area (Å²) < 4.78 is 76.5. The Balaban J connectivity index is 1.65. The van der Waals surface area contributed by atoms with Gasteiger partial charge >= 0.3 is 251 Å². The van der Waals surface area contributed by atoms with Crippen molar-refractivity contribution in [3.05, 3.63) is 113 Å². The van der Waals surface area contributed by atoms with E-state index < -0.39 is 41.3 Å². The number of benzene rings is 4. The molecule has 0 aromatic heterocycles. The maximum atomic E-state index is 14.0. The van der Waals surface area contributed by atoms with Gasteiger partial charge in [0.15, 0.2) is 0 Å². The first-order chi connectivity index (χ1) is 20.5. The number of carboxylic acid groups (broad SMARTS) is 1. The number of phenols is 1. The minimum absolute atomic E-state index is 0.0807. The SMILES string of the molecule is COc1ccccc1S(=O)(=O)[As](Cc1ccc(CP(=O)(OF)OF)cc1)Cc1ccc(-c2ccc(O)c(C(=O)O)c2)cc1. The Morgan fingerprint density at radius 2 is 1.37 bits per heavy atom. The number of hydrogen-bond donors (Lipinski definition) is 2. The van der Waals surface area contributed by atoms with E-state index in [-0.39, 0.29) is 37.9 Å². The molecule has 0 spiro atoms. The van der Waals surface area contributed by atoms with Crippen molar-refractivity contribution in [2.24, 2.45) is 0 Å². The minimum atomic E-state index is -4.58. The van der Waals surface area contributed by atoms with Crippen LogP contribution in [0.1, 0.15) is 27.0 Å². The van der Waals surface area contributed by atoms with Crippen molar-refractivity contribution < 1.29 is 51.2 Å². The number of para-hydroxylation sites is 1. The fourth-order valence-electron chi connectivity index (χ4n) is 4.33. The van der Waals surface area contributed by atoms with E-state index in [4.69, 9.17) is 4.74 Å². The molecular formula is C29H26AsF2O9PS. The molecule has 43 heavy (non-hydrogen) atoms. The molecule has 0 saturated carbocycles. The number of ether oxygens (including phenoxy) is 1. The summed E-state index contributed by atoms with van der Waals surface area (Å²) in [5.74, 6) is -1.39. The molecule has 0 heterocycles. The Labute approximate surface area is 250 Å². The van der Waals surface area contributed by atoms with Gasteiger partial charge in [0.05, 0.1) is 0 Å². The van der Waals surface area contributed by atoms with Crippen LogP contribution in [0.5, 0.6) is 11.5 Å².